The van der Waals surface area contributed by atoms with Gasteiger partial charge in [0, 0.05) is 0 Å². The predicted molar refractivity (Wildman–Crippen MR) is 53.1 cm³/mol. The van der Waals surface area contributed by atoms with Crippen LogP contribution >= 0.6 is 0 Å². The number of hydrogen-bond donors (Lipinski definition) is 0. The summed E-state index contributed by atoms with van der Waals surface area (Å²) < 4.78 is 0. The van der Waals surface area contributed by atoms with Gasteiger partial charge in [-0.05, 0) is 10.8 Å². The maximum absolute atomic E-state index is 8.00. The van der Waals surface area contributed by atoms with E-state index in [0.29, 0.717) is 0 Å². The smallest absolute Gasteiger partial charge is 0.444 e. The molecule has 66 valence electrons. The number of nitrogens with zero attached hydrogens (tertiary/aromatic N) is 1. The van der Waals surface area contributed by atoms with E-state index in [1.165, 1.54) is 10.8 Å². The molecule has 2 aromatic carbocycles. The summed E-state index contributed by atoms with van der Waals surface area (Å²) in [6.07, 6.45) is 0. The Morgan fingerprint density at radius 3 is 1.29 bits per heavy atom. The zero-order valence-corrected chi connectivity index (χ0v) is 9.88. The summed E-state index contributed by atoms with van der Waals surface area (Å²) in [6, 6.07) is 16.7. The zero-order valence-electron chi connectivity index (χ0n) is 7.88. The Balaban J connectivity index is 0.000000381. The number of benzene rings is 2. The van der Waals surface area contributed by atoms with Crippen LogP contribution in [0.4, 0.5) is 0 Å². The third-order valence-corrected chi connectivity index (χ3v) is 1.66. The van der Waals surface area contributed by atoms with Crippen molar-refractivity contribution in [1.82, 2.24) is 0 Å². The van der Waals surface area contributed by atoms with Crippen molar-refractivity contribution in [3.8, 4) is 0 Å². The number of rotatable bonds is 0. The Morgan fingerprint density at radius 2 is 1.07 bits per heavy atom. The molecule has 2 aromatic rings. The Bertz CT molecular complexity index is 327. The van der Waals surface area contributed by atoms with Crippen LogP contribution in [0.2, 0.25) is 0 Å². The van der Waals surface area contributed by atoms with Crippen molar-refractivity contribution in [3.63, 3.8) is 0 Å². The molecule has 2 rings (SSSR count). The van der Waals surface area contributed by atoms with Crippen molar-refractivity contribution < 1.29 is 29.6 Å². The quantitative estimate of drug-likeness (QED) is 0.341. The minimum atomic E-state index is 0. The van der Waals surface area contributed by atoms with E-state index in [0.717, 1.165) is 5.34 Å². The number of fused-ring (bicyclic) bond motifs is 1. The van der Waals surface area contributed by atoms with Gasteiger partial charge in [0.1, 0.15) is 0 Å². The summed E-state index contributed by atoms with van der Waals surface area (Å²) in [6.45, 7) is 0. The van der Waals surface area contributed by atoms with Crippen molar-refractivity contribution in [2.24, 2.45) is 5.34 Å². The SMILES string of the molecule is O=N[O-].[Na+].c1ccc2ccccc2c1. The summed E-state index contributed by atoms with van der Waals surface area (Å²) in [5.41, 5.74) is 0. The van der Waals surface area contributed by atoms with Gasteiger partial charge < -0.3 is 10.1 Å². The van der Waals surface area contributed by atoms with Crippen LogP contribution in [0.25, 0.3) is 10.8 Å². The third-order valence-electron chi connectivity index (χ3n) is 1.66. The molecule has 0 amide bonds. The topological polar surface area (TPSA) is 52.5 Å². The fraction of sp³-hybridized carbons (Fsp3) is 0. The van der Waals surface area contributed by atoms with Crippen molar-refractivity contribution in [1.29, 1.82) is 0 Å². The number of hydrogen-bond acceptors (Lipinski definition) is 3. The molecule has 0 atom stereocenters. The molecule has 0 aliphatic carbocycles. The molecule has 0 saturated heterocycles. The molecular weight excluding hydrogens is 189 g/mol. The minimum absolute atomic E-state index is 0. The largest absolute Gasteiger partial charge is 1.00 e. The fourth-order valence-electron chi connectivity index (χ4n) is 1.13. The molecule has 0 aliphatic heterocycles. The summed E-state index contributed by atoms with van der Waals surface area (Å²) in [5.74, 6) is 0. The van der Waals surface area contributed by atoms with Crippen LogP contribution in [-0.4, -0.2) is 0 Å². The standard InChI is InChI=1S/C10H8.HNO2.Na/c1-2-6-10-8-4-3-7-9(10)5-1;2-1-3;/h1-8H;(H,2,3);/q;;+1/p-1. The van der Waals surface area contributed by atoms with Gasteiger partial charge in [0.05, 0.1) is 0 Å². The van der Waals surface area contributed by atoms with Gasteiger partial charge in [0.2, 0.25) is 0 Å². The van der Waals surface area contributed by atoms with E-state index in [4.69, 9.17) is 10.1 Å². The van der Waals surface area contributed by atoms with E-state index >= 15 is 0 Å². The molecule has 0 aliphatic rings. The van der Waals surface area contributed by atoms with Gasteiger partial charge in [-0.1, -0.05) is 48.5 Å². The predicted octanol–water partition coefficient (Wildman–Crippen LogP) is 0.0944. The third kappa shape index (κ3) is 3.87. The van der Waals surface area contributed by atoms with Gasteiger partial charge in [-0.3, -0.25) is 0 Å². The molecule has 0 bridgehead atoms. The molecule has 0 spiro atoms. The van der Waals surface area contributed by atoms with E-state index in [1.807, 2.05) is 0 Å². The first-order chi connectivity index (χ1) is 6.38. The summed E-state index contributed by atoms with van der Waals surface area (Å²) in [4.78, 5) is 8.00. The van der Waals surface area contributed by atoms with Gasteiger partial charge in [0.15, 0.2) is 0 Å². The first kappa shape index (κ1) is 13.1. The van der Waals surface area contributed by atoms with E-state index in [1.54, 1.807) is 0 Å². The minimum Gasteiger partial charge on any atom is -0.444 e. The monoisotopic (exact) mass is 197 g/mol. The van der Waals surface area contributed by atoms with Gasteiger partial charge in [-0.15, -0.1) is 5.34 Å². The molecule has 4 heteroatoms. The molecule has 3 nitrogen and oxygen atoms in total. The van der Waals surface area contributed by atoms with Crippen LogP contribution in [0.1, 0.15) is 0 Å². The van der Waals surface area contributed by atoms with Crippen molar-refractivity contribution in [2.45, 2.75) is 0 Å². The van der Waals surface area contributed by atoms with Crippen LogP contribution in [-0.2, 0) is 0 Å². The summed E-state index contributed by atoms with van der Waals surface area (Å²) in [5, 5.41) is 11.6. The Hall–Kier alpha value is -0.900. The van der Waals surface area contributed by atoms with Crippen LogP contribution in [0.15, 0.2) is 53.9 Å². The normalized spacial score (nSPS) is 8.00. The second-order valence-electron chi connectivity index (χ2n) is 2.42. The van der Waals surface area contributed by atoms with Crippen molar-refractivity contribution >= 4 is 10.8 Å². The molecular formula is C10H8NNaO2. The van der Waals surface area contributed by atoms with Gasteiger partial charge in [0.25, 0.3) is 0 Å². The molecule has 0 unspecified atom stereocenters. The average molecular weight is 197 g/mol. The van der Waals surface area contributed by atoms with Gasteiger partial charge in [-0.2, -0.15) is 0 Å². The van der Waals surface area contributed by atoms with Crippen LogP contribution in [0, 0.1) is 10.1 Å². The van der Waals surface area contributed by atoms with Gasteiger partial charge in [-0.25, -0.2) is 0 Å². The van der Waals surface area contributed by atoms with Crippen molar-refractivity contribution in [3.05, 3.63) is 58.6 Å². The van der Waals surface area contributed by atoms with Crippen LogP contribution in [0.5, 0.6) is 0 Å². The van der Waals surface area contributed by atoms with E-state index < -0.39 is 0 Å². The van der Waals surface area contributed by atoms with Crippen LogP contribution in [0.3, 0.4) is 0 Å². The maximum atomic E-state index is 8.00. The first-order valence-electron chi connectivity index (χ1n) is 3.77. The van der Waals surface area contributed by atoms with E-state index in [2.05, 4.69) is 48.5 Å². The fourth-order valence-corrected chi connectivity index (χ4v) is 1.13. The molecule has 0 aromatic heterocycles. The van der Waals surface area contributed by atoms with Crippen LogP contribution < -0.4 is 29.6 Å². The Kier molecular flexibility index (Phi) is 7.02. The summed E-state index contributed by atoms with van der Waals surface area (Å²) in [7, 11) is 0. The second kappa shape index (κ2) is 7.50. The molecule has 0 heterocycles. The molecule has 0 saturated carbocycles. The van der Waals surface area contributed by atoms with Gasteiger partial charge >= 0.3 is 29.6 Å². The Morgan fingerprint density at radius 1 is 0.857 bits per heavy atom. The Labute approximate surface area is 104 Å². The van der Waals surface area contributed by atoms with E-state index in [9.17, 15) is 0 Å². The average Bonchev–Trinajstić information content (AvgIpc) is 2.19. The van der Waals surface area contributed by atoms with Crippen molar-refractivity contribution in [2.75, 3.05) is 0 Å². The maximum Gasteiger partial charge on any atom is 1.00 e. The van der Waals surface area contributed by atoms with E-state index in [-0.39, 0.29) is 29.6 Å². The zero-order chi connectivity index (χ0) is 9.52. The molecule has 14 heavy (non-hydrogen) atoms. The summed E-state index contributed by atoms with van der Waals surface area (Å²) >= 11 is 0. The molecule has 0 N–H and O–H groups in total. The molecule has 0 fully saturated rings. The second-order valence-corrected chi connectivity index (χ2v) is 2.42. The molecule has 0 radical (unpaired) electrons. The first-order valence-corrected chi connectivity index (χ1v) is 3.77.